The van der Waals surface area contributed by atoms with Gasteiger partial charge in [-0.1, -0.05) is 16.8 Å². The Bertz CT molecular complexity index is 1490. The summed E-state index contributed by atoms with van der Waals surface area (Å²) < 4.78 is 61.3. The van der Waals surface area contributed by atoms with Crippen LogP contribution in [0.25, 0.3) is 10.9 Å². The summed E-state index contributed by atoms with van der Waals surface area (Å²) in [7, 11) is 0. The van der Waals surface area contributed by atoms with Gasteiger partial charge in [0.25, 0.3) is 11.8 Å². The molecule has 1 aromatic carbocycles. The second-order valence-corrected chi connectivity index (χ2v) is 7.96. The van der Waals surface area contributed by atoms with Crippen molar-refractivity contribution < 1.29 is 31.7 Å². The van der Waals surface area contributed by atoms with Crippen LogP contribution in [-0.4, -0.2) is 31.7 Å². The van der Waals surface area contributed by atoms with Gasteiger partial charge < -0.3 is 15.6 Å². The van der Waals surface area contributed by atoms with Crippen molar-refractivity contribution in [3.63, 3.8) is 0 Å². The fraction of sp³-hybridized carbons (Fsp3) is 0.190. The van der Waals surface area contributed by atoms with Gasteiger partial charge >= 0.3 is 6.18 Å². The van der Waals surface area contributed by atoms with Gasteiger partial charge in [0.05, 0.1) is 33.2 Å². The number of carbonyl (C=O) groups excluding carboxylic acids is 2. The van der Waals surface area contributed by atoms with Gasteiger partial charge in [-0.05, 0) is 26.0 Å². The smallest absolute Gasteiger partial charge is 0.364 e. The molecule has 0 aliphatic carbocycles. The predicted octanol–water partition coefficient (Wildman–Crippen LogP) is 4.25. The zero-order chi connectivity index (χ0) is 25.7. The van der Waals surface area contributed by atoms with Gasteiger partial charge in [0.1, 0.15) is 18.1 Å². The average Bonchev–Trinajstić information content (AvgIpc) is 3.31. The second-order valence-electron chi connectivity index (χ2n) is 7.56. The number of carbonyl (C=O) groups is 2. The van der Waals surface area contributed by atoms with Crippen LogP contribution >= 0.6 is 11.6 Å². The number of alkyl halides is 3. The van der Waals surface area contributed by atoms with E-state index < -0.39 is 40.9 Å². The third-order valence-electron chi connectivity index (χ3n) is 5.04. The zero-order valence-corrected chi connectivity index (χ0v) is 18.8. The molecular formula is C21H15ClF4N6O3. The van der Waals surface area contributed by atoms with Crippen LogP contribution in [0.5, 0.6) is 0 Å². The highest BCUT2D eigenvalue weighted by Crippen LogP contribution is 2.36. The topological polar surface area (TPSA) is 129 Å². The van der Waals surface area contributed by atoms with Gasteiger partial charge in [-0.15, -0.1) is 0 Å². The van der Waals surface area contributed by atoms with E-state index in [1.807, 2.05) is 0 Å². The number of fused-ring (bicyclic) bond motifs is 1. The molecule has 0 saturated heterocycles. The number of benzene rings is 1. The molecule has 4 rings (SSSR count). The molecule has 9 nitrogen and oxygen atoms in total. The van der Waals surface area contributed by atoms with Crippen LogP contribution in [-0.2, 0) is 12.7 Å². The van der Waals surface area contributed by atoms with Crippen molar-refractivity contribution in [2.45, 2.75) is 26.6 Å². The maximum absolute atomic E-state index is 13.9. The highest BCUT2D eigenvalue weighted by atomic mass is 35.5. The molecule has 0 saturated carbocycles. The standard InChI is InChI=1S/C21H15ClF4N6O3/c1-8-3-10(35-31-8)7-32-9(2)17(18(30-32)21(24,25)26)29-20(34)12-5-16(19(27)33)28-15-6-14(23)13(22)4-11(12)15/h3-6H,7H2,1-2H3,(H2,27,33)(H,29,34). The van der Waals surface area contributed by atoms with E-state index >= 15 is 0 Å². The number of nitrogens with one attached hydrogen (secondary N) is 1. The molecule has 0 radical (unpaired) electrons. The molecule has 0 aliphatic rings. The lowest BCUT2D eigenvalue weighted by molar-refractivity contribution is -0.140. The Morgan fingerprint density at radius 1 is 1.20 bits per heavy atom. The Hall–Kier alpha value is -4.00. The lowest BCUT2D eigenvalue weighted by atomic mass is 10.1. The summed E-state index contributed by atoms with van der Waals surface area (Å²) in [5.41, 5.74) is 2.95. The molecular weight excluding hydrogens is 496 g/mol. The van der Waals surface area contributed by atoms with E-state index in [-0.39, 0.29) is 39.5 Å². The fourth-order valence-corrected chi connectivity index (χ4v) is 3.57. The van der Waals surface area contributed by atoms with Crippen LogP contribution in [0.3, 0.4) is 0 Å². The zero-order valence-electron chi connectivity index (χ0n) is 18.0. The van der Waals surface area contributed by atoms with Crippen molar-refractivity contribution >= 4 is 40.0 Å². The first-order valence-corrected chi connectivity index (χ1v) is 10.2. The van der Waals surface area contributed by atoms with Gasteiger partial charge in [-0.25, -0.2) is 9.37 Å². The molecule has 0 bridgehead atoms. The minimum atomic E-state index is -4.92. The van der Waals surface area contributed by atoms with Crippen molar-refractivity contribution in [3.05, 3.63) is 69.2 Å². The van der Waals surface area contributed by atoms with Crippen LogP contribution in [0.2, 0.25) is 5.02 Å². The van der Waals surface area contributed by atoms with Gasteiger partial charge in [-0.2, -0.15) is 18.3 Å². The fourth-order valence-electron chi connectivity index (χ4n) is 3.40. The Kier molecular flexibility index (Phi) is 5.97. The Morgan fingerprint density at radius 2 is 1.91 bits per heavy atom. The molecule has 3 N–H and O–H groups in total. The van der Waals surface area contributed by atoms with Crippen molar-refractivity contribution in [2.75, 3.05) is 5.32 Å². The average molecular weight is 511 g/mol. The third-order valence-corrected chi connectivity index (χ3v) is 5.33. The number of hydrogen-bond donors (Lipinski definition) is 2. The first-order valence-electron chi connectivity index (χ1n) is 9.83. The molecule has 4 aromatic rings. The van der Waals surface area contributed by atoms with E-state index in [1.54, 1.807) is 6.92 Å². The van der Waals surface area contributed by atoms with Crippen LogP contribution in [0.4, 0.5) is 23.2 Å². The molecule has 3 heterocycles. The van der Waals surface area contributed by atoms with Crippen molar-refractivity contribution in [1.29, 1.82) is 0 Å². The highest BCUT2D eigenvalue weighted by molar-refractivity contribution is 6.31. The Morgan fingerprint density at radius 3 is 2.51 bits per heavy atom. The molecule has 0 atom stereocenters. The molecule has 0 fully saturated rings. The number of nitrogens with zero attached hydrogens (tertiary/aromatic N) is 4. The molecule has 14 heteroatoms. The van der Waals surface area contributed by atoms with Gasteiger partial charge in [0, 0.05) is 17.5 Å². The third kappa shape index (κ3) is 4.67. The lowest BCUT2D eigenvalue weighted by Gasteiger charge is -2.12. The van der Waals surface area contributed by atoms with Crippen LogP contribution in [0, 0.1) is 19.7 Å². The van der Waals surface area contributed by atoms with E-state index in [9.17, 15) is 27.2 Å². The molecule has 0 spiro atoms. The normalized spacial score (nSPS) is 11.7. The number of pyridine rings is 1. The molecule has 0 aliphatic heterocycles. The summed E-state index contributed by atoms with van der Waals surface area (Å²) in [6.45, 7) is 2.80. The molecule has 2 amide bonds. The largest absolute Gasteiger partial charge is 0.437 e. The Balaban J connectivity index is 1.81. The number of primary amides is 1. The van der Waals surface area contributed by atoms with Crippen LogP contribution < -0.4 is 11.1 Å². The number of hydrogen-bond acceptors (Lipinski definition) is 6. The second kappa shape index (κ2) is 8.65. The quantitative estimate of drug-likeness (QED) is 0.386. The molecule has 182 valence electrons. The van der Waals surface area contributed by atoms with Crippen LogP contribution in [0.1, 0.15) is 43.7 Å². The number of amides is 2. The van der Waals surface area contributed by atoms with Crippen molar-refractivity contribution in [2.24, 2.45) is 5.73 Å². The van der Waals surface area contributed by atoms with E-state index in [0.29, 0.717) is 5.69 Å². The number of aromatic nitrogens is 4. The summed E-state index contributed by atoms with van der Waals surface area (Å²) in [5, 5.41) is 9.12. The van der Waals surface area contributed by atoms with E-state index in [4.69, 9.17) is 21.9 Å². The summed E-state index contributed by atoms with van der Waals surface area (Å²) in [6.07, 6.45) is -4.92. The minimum Gasteiger partial charge on any atom is -0.364 e. The first-order chi connectivity index (χ1) is 16.3. The highest BCUT2D eigenvalue weighted by Gasteiger charge is 2.39. The van der Waals surface area contributed by atoms with Gasteiger partial charge in [0.2, 0.25) is 0 Å². The van der Waals surface area contributed by atoms with E-state index in [2.05, 4.69) is 20.6 Å². The van der Waals surface area contributed by atoms with Gasteiger partial charge in [0.15, 0.2) is 11.5 Å². The number of rotatable bonds is 5. The predicted molar refractivity (Wildman–Crippen MR) is 115 cm³/mol. The van der Waals surface area contributed by atoms with Crippen LogP contribution in [0.15, 0.2) is 28.8 Å². The summed E-state index contributed by atoms with van der Waals surface area (Å²) >= 11 is 5.82. The molecule has 0 unspecified atom stereocenters. The lowest BCUT2D eigenvalue weighted by Crippen LogP contribution is -2.19. The monoisotopic (exact) mass is 510 g/mol. The maximum Gasteiger partial charge on any atom is 0.437 e. The molecule has 3 aromatic heterocycles. The Labute approximate surface area is 198 Å². The summed E-state index contributed by atoms with van der Waals surface area (Å²) in [6, 6.07) is 4.47. The number of anilines is 1. The SMILES string of the molecule is Cc1cc(Cn2nc(C(F)(F)F)c(NC(=O)c3cc(C(N)=O)nc4cc(F)c(Cl)cc34)c2C)on1. The van der Waals surface area contributed by atoms with E-state index in [1.165, 1.54) is 13.0 Å². The maximum atomic E-state index is 13.9. The minimum absolute atomic E-state index is 0.00496. The van der Waals surface area contributed by atoms with Gasteiger partial charge in [-0.3, -0.25) is 14.3 Å². The first kappa shape index (κ1) is 24.1. The number of halogens is 5. The molecule has 35 heavy (non-hydrogen) atoms. The van der Waals surface area contributed by atoms with Crippen molar-refractivity contribution in [3.8, 4) is 0 Å². The van der Waals surface area contributed by atoms with E-state index in [0.717, 1.165) is 22.9 Å². The summed E-state index contributed by atoms with van der Waals surface area (Å²) in [5.74, 6) is -2.70. The number of aryl methyl sites for hydroxylation is 1. The summed E-state index contributed by atoms with van der Waals surface area (Å²) in [4.78, 5) is 28.7. The number of nitrogens with two attached hydrogens (primary N) is 1. The van der Waals surface area contributed by atoms with Crippen molar-refractivity contribution in [1.82, 2.24) is 19.9 Å².